The fourth-order valence-corrected chi connectivity index (χ4v) is 2.80. The van der Waals surface area contributed by atoms with Crippen LogP contribution in [0.15, 0.2) is 53.1 Å². The van der Waals surface area contributed by atoms with E-state index in [4.69, 9.17) is 13.9 Å². The molecule has 3 rings (SSSR count). The Morgan fingerprint density at radius 1 is 1.21 bits per heavy atom. The summed E-state index contributed by atoms with van der Waals surface area (Å²) in [5, 5.41) is 0. The van der Waals surface area contributed by atoms with Gasteiger partial charge in [0.05, 0.1) is 25.5 Å². The summed E-state index contributed by atoms with van der Waals surface area (Å²) >= 11 is 0. The highest BCUT2D eigenvalue weighted by Gasteiger charge is 2.23. The largest absolute Gasteiger partial charge is 0.467 e. The highest BCUT2D eigenvalue weighted by molar-refractivity contribution is 5.77. The van der Waals surface area contributed by atoms with Gasteiger partial charge in [0.15, 0.2) is 0 Å². The maximum Gasteiger partial charge on any atom is 0.249 e. The summed E-state index contributed by atoms with van der Waals surface area (Å²) in [4.78, 5) is 14.3. The highest BCUT2D eigenvalue weighted by Crippen LogP contribution is 2.15. The fraction of sp³-hybridized carbons (Fsp3) is 0.421. The van der Waals surface area contributed by atoms with Crippen molar-refractivity contribution in [1.82, 2.24) is 4.90 Å². The van der Waals surface area contributed by atoms with Gasteiger partial charge in [-0.1, -0.05) is 30.3 Å². The molecule has 0 aliphatic carbocycles. The van der Waals surface area contributed by atoms with Gasteiger partial charge in [-0.3, -0.25) is 4.79 Å². The van der Waals surface area contributed by atoms with Crippen molar-refractivity contribution in [2.45, 2.75) is 32.1 Å². The van der Waals surface area contributed by atoms with Crippen LogP contribution in [0.2, 0.25) is 0 Å². The molecule has 1 aromatic carbocycles. The van der Waals surface area contributed by atoms with Crippen molar-refractivity contribution < 1.29 is 18.7 Å². The summed E-state index contributed by atoms with van der Waals surface area (Å²) < 4.78 is 16.6. The first-order valence-electron chi connectivity index (χ1n) is 8.34. The standard InChI is InChI=1S/C19H23NO4/c21-19(15-22-14-16-6-2-1-3-7-16)20(12-17-8-4-10-23-17)13-18-9-5-11-24-18/h1-4,6-8,10,18H,5,9,11-15H2. The number of carbonyl (C=O) groups is 1. The van der Waals surface area contributed by atoms with Gasteiger partial charge >= 0.3 is 0 Å². The van der Waals surface area contributed by atoms with E-state index in [-0.39, 0.29) is 18.6 Å². The molecule has 0 saturated carbocycles. The van der Waals surface area contributed by atoms with Crippen LogP contribution in [0.4, 0.5) is 0 Å². The highest BCUT2D eigenvalue weighted by atomic mass is 16.5. The third-order valence-corrected chi connectivity index (χ3v) is 4.06. The number of amides is 1. The molecule has 1 fully saturated rings. The van der Waals surface area contributed by atoms with Gasteiger partial charge in [-0.05, 0) is 30.5 Å². The van der Waals surface area contributed by atoms with Crippen LogP contribution in [0, 0.1) is 0 Å². The quantitative estimate of drug-likeness (QED) is 0.747. The van der Waals surface area contributed by atoms with Crippen molar-refractivity contribution in [1.29, 1.82) is 0 Å². The second-order valence-electron chi connectivity index (χ2n) is 5.97. The number of hydrogen-bond donors (Lipinski definition) is 0. The fourth-order valence-electron chi connectivity index (χ4n) is 2.80. The van der Waals surface area contributed by atoms with Gasteiger partial charge in [-0.25, -0.2) is 0 Å². The van der Waals surface area contributed by atoms with Gasteiger partial charge in [0.1, 0.15) is 12.4 Å². The van der Waals surface area contributed by atoms with Crippen molar-refractivity contribution in [3.8, 4) is 0 Å². The summed E-state index contributed by atoms with van der Waals surface area (Å²) in [6, 6.07) is 13.6. The Bertz CT molecular complexity index is 606. The average molecular weight is 329 g/mol. The molecule has 128 valence electrons. The monoisotopic (exact) mass is 329 g/mol. The van der Waals surface area contributed by atoms with E-state index >= 15 is 0 Å². The van der Waals surface area contributed by atoms with E-state index in [9.17, 15) is 4.79 Å². The Hall–Kier alpha value is -2.11. The summed E-state index contributed by atoms with van der Waals surface area (Å²) in [6.07, 6.45) is 3.78. The minimum absolute atomic E-state index is 0.0437. The summed E-state index contributed by atoms with van der Waals surface area (Å²) in [7, 11) is 0. The number of nitrogens with zero attached hydrogens (tertiary/aromatic N) is 1. The third kappa shape index (κ3) is 4.94. The number of furan rings is 1. The molecule has 5 nitrogen and oxygen atoms in total. The van der Waals surface area contributed by atoms with Crippen LogP contribution >= 0.6 is 0 Å². The minimum Gasteiger partial charge on any atom is -0.467 e. The molecule has 1 atom stereocenters. The zero-order valence-corrected chi connectivity index (χ0v) is 13.7. The lowest BCUT2D eigenvalue weighted by molar-refractivity contribution is -0.139. The third-order valence-electron chi connectivity index (χ3n) is 4.06. The number of ether oxygens (including phenoxy) is 2. The van der Waals surface area contributed by atoms with Gasteiger partial charge in [0.25, 0.3) is 0 Å². The van der Waals surface area contributed by atoms with Crippen LogP contribution in [0.1, 0.15) is 24.2 Å². The van der Waals surface area contributed by atoms with E-state index in [0.717, 1.165) is 30.8 Å². The zero-order chi connectivity index (χ0) is 16.6. The van der Waals surface area contributed by atoms with Crippen LogP contribution in [0.25, 0.3) is 0 Å². The molecule has 5 heteroatoms. The number of benzene rings is 1. The Labute approximate surface area is 142 Å². The van der Waals surface area contributed by atoms with Crippen LogP contribution < -0.4 is 0 Å². The van der Waals surface area contributed by atoms with E-state index in [1.54, 1.807) is 11.2 Å². The van der Waals surface area contributed by atoms with Crippen molar-refractivity contribution in [3.05, 3.63) is 60.1 Å². The van der Waals surface area contributed by atoms with Gasteiger partial charge in [-0.2, -0.15) is 0 Å². The molecule has 1 saturated heterocycles. The Morgan fingerprint density at radius 2 is 2.08 bits per heavy atom. The van der Waals surface area contributed by atoms with Crippen LogP contribution in [0.3, 0.4) is 0 Å². The molecule has 0 bridgehead atoms. The summed E-state index contributed by atoms with van der Waals surface area (Å²) in [5.41, 5.74) is 1.06. The molecule has 0 spiro atoms. The van der Waals surface area contributed by atoms with E-state index in [0.29, 0.717) is 19.7 Å². The Kier molecular flexibility index (Phi) is 6.04. The second-order valence-corrected chi connectivity index (χ2v) is 5.97. The van der Waals surface area contributed by atoms with Crippen molar-refractivity contribution in [3.63, 3.8) is 0 Å². The number of carbonyl (C=O) groups excluding carboxylic acids is 1. The number of rotatable bonds is 8. The Morgan fingerprint density at radius 3 is 2.79 bits per heavy atom. The van der Waals surface area contributed by atoms with Crippen LogP contribution in [-0.2, 0) is 27.4 Å². The zero-order valence-electron chi connectivity index (χ0n) is 13.7. The molecule has 2 heterocycles. The molecule has 1 aromatic heterocycles. The topological polar surface area (TPSA) is 51.9 Å². The van der Waals surface area contributed by atoms with Crippen LogP contribution in [-0.4, -0.2) is 36.7 Å². The number of hydrogen-bond acceptors (Lipinski definition) is 4. The van der Waals surface area contributed by atoms with E-state index in [2.05, 4.69) is 0 Å². The predicted octanol–water partition coefficient (Wildman–Crippen LogP) is 3.00. The van der Waals surface area contributed by atoms with Gasteiger partial charge < -0.3 is 18.8 Å². The molecule has 0 N–H and O–H groups in total. The summed E-state index contributed by atoms with van der Waals surface area (Å²) in [5.74, 6) is 0.724. The lowest BCUT2D eigenvalue weighted by Gasteiger charge is -2.24. The van der Waals surface area contributed by atoms with Crippen molar-refractivity contribution in [2.24, 2.45) is 0 Å². The molecule has 24 heavy (non-hydrogen) atoms. The van der Waals surface area contributed by atoms with E-state index in [1.807, 2.05) is 42.5 Å². The maximum atomic E-state index is 12.6. The molecule has 2 aromatic rings. The summed E-state index contributed by atoms with van der Waals surface area (Å²) in [6.45, 7) is 2.29. The first-order valence-corrected chi connectivity index (χ1v) is 8.34. The average Bonchev–Trinajstić information content (AvgIpc) is 3.29. The molecular weight excluding hydrogens is 306 g/mol. The second kappa shape index (κ2) is 8.66. The molecule has 1 aliphatic heterocycles. The Balaban J connectivity index is 1.53. The van der Waals surface area contributed by atoms with E-state index in [1.165, 1.54) is 0 Å². The van der Waals surface area contributed by atoms with Crippen molar-refractivity contribution >= 4 is 5.91 Å². The van der Waals surface area contributed by atoms with Crippen molar-refractivity contribution in [2.75, 3.05) is 19.8 Å². The molecular formula is C19H23NO4. The lowest BCUT2D eigenvalue weighted by Crippen LogP contribution is -2.38. The smallest absolute Gasteiger partial charge is 0.249 e. The van der Waals surface area contributed by atoms with E-state index < -0.39 is 0 Å². The first-order chi connectivity index (χ1) is 11.8. The predicted molar refractivity (Wildman–Crippen MR) is 89.2 cm³/mol. The van der Waals surface area contributed by atoms with Gasteiger partial charge in [-0.15, -0.1) is 0 Å². The van der Waals surface area contributed by atoms with Crippen LogP contribution in [0.5, 0.6) is 0 Å². The van der Waals surface area contributed by atoms with Gasteiger partial charge in [0.2, 0.25) is 5.91 Å². The first kappa shape index (κ1) is 16.7. The lowest BCUT2D eigenvalue weighted by atomic mass is 10.2. The normalized spacial score (nSPS) is 17.1. The van der Waals surface area contributed by atoms with Gasteiger partial charge in [0, 0.05) is 13.2 Å². The molecule has 1 aliphatic rings. The molecule has 0 radical (unpaired) electrons. The molecule has 1 unspecified atom stereocenters. The maximum absolute atomic E-state index is 12.6. The molecule has 1 amide bonds. The SMILES string of the molecule is O=C(COCc1ccccc1)N(Cc1ccco1)CC1CCCO1. The minimum atomic E-state index is -0.0437.